The maximum Gasteiger partial charge on any atom is 0.350 e. The molecule has 1 amide bonds. The molecule has 1 aromatic heterocycles. The summed E-state index contributed by atoms with van der Waals surface area (Å²) in [6.45, 7) is 6.93. The number of nitrogens with two attached hydrogens (primary N) is 1. The van der Waals surface area contributed by atoms with Gasteiger partial charge >= 0.3 is 5.69 Å². The normalized spacial score (nSPS) is 15.9. The molecule has 1 fully saturated rings. The lowest BCUT2D eigenvalue weighted by molar-refractivity contribution is -0.123. The van der Waals surface area contributed by atoms with E-state index in [1.807, 2.05) is 68.4 Å². The number of piperazine rings is 1. The molecule has 1 aliphatic heterocycles. The fraction of sp³-hybridized carbons (Fsp3) is 0.348. The van der Waals surface area contributed by atoms with Gasteiger partial charge in [0, 0.05) is 31.9 Å². The van der Waals surface area contributed by atoms with Crippen LogP contribution < -0.4 is 16.3 Å². The first-order valence-electron chi connectivity index (χ1n) is 10.6. The molecule has 1 atom stereocenters. The zero-order chi connectivity index (χ0) is 22.0. The molecule has 1 unspecified atom stereocenters. The fourth-order valence-corrected chi connectivity index (χ4v) is 4.10. The molecule has 2 N–H and O–H groups in total. The average Bonchev–Trinajstić information content (AvgIpc) is 3.17. The molecule has 31 heavy (non-hydrogen) atoms. The number of anilines is 1. The van der Waals surface area contributed by atoms with Crippen molar-refractivity contribution < 1.29 is 4.79 Å². The standard InChI is InChI=1S/C23H28N6O2/c1-17(2)29-23(31)28(16-25-29)20-10-8-19(9-11-20)26-12-14-27(15-13-26)21(22(24)30)18-6-4-3-5-7-18/h3-11,16-17,21H,12-15H2,1-2H3,(H2,24,30). The molecular formula is C23H28N6O2. The summed E-state index contributed by atoms with van der Waals surface area (Å²) >= 11 is 0. The Morgan fingerprint density at radius 2 is 1.55 bits per heavy atom. The molecule has 2 aromatic carbocycles. The first-order chi connectivity index (χ1) is 15.0. The zero-order valence-corrected chi connectivity index (χ0v) is 17.9. The van der Waals surface area contributed by atoms with Crippen LogP contribution in [0, 0.1) is 0 Å². The Balaban J connectivity index is 1.44. The first-order valence-corrected chi connectivity index (χ1v) is 10.6. The molecule has 0 aliphatic carbocycles. The number of amides is 1. The highest BCUT2D eigenvalue weighted by atomic mass is 16.2. The first kappa shape index (κ1) is 20.9. The van der Waals surface area contributed by atoms with Gasteiger partial charge in [0.15, 0.2) is 0 Å². The molecular weight excluding hydrogens is 392 g/mol. The number of carbonyl (C=O) groups excluding carboxylic acids is 1. The highest BCUT2D eigenvalue weighted by Crippen LogP contribution is 2.24. The zero-order valence-electron chi connectivity index (χ0n) is 17.9. The van der Waals surface area contributed by atoms with E-state index in [2.05, 4.69) is 14.9 Å². The smallest absolute Gasteiger partial charge is 0.350 e. The van der Waals surface area contributed by atoms with Crippen LogP contribution >= 0.6 is 0 Å². The maximum atomic E-state index is 12.5. The minimum absolute atomic E-state index is 0.0180. The predicted octanol–water partition coefficient (Wildman–Crippen LogP) is 1.96. The number of rotatable bonds is 6. The van der Waals surface area contributed by atoms with Crippen molar-refractivity contribution in [1.82, 2.24) is 19.2 Å². The Kier molecular flexibility index (Phi) is 5.90. The van der Waals surface area contributed by atoms with Gasteiger partial charge in [0.25, 0.3) is 0 Å². The van der Waals surface area contributed by atoms with E-state index in [1.54, 1.807) is 10.9 Å². The molecule has 162 valence electrons. The van der Waals surface area contributed by atoms with Crippen LogP contribution in [0.3, 0.4) is 0 Å². The summed E-state index contributed by atoms with van der Waals surface area (Å²) in [7, 11) is 0. The van der Waals surface area contributed by atoms with E-state index in [-0.39, 0.29) is 17.6 Å². The van der Waals surface area contributed by atoms with Crippen LogP contribution in [0.2, 0.25) is 0 Å². The number of carbonyl (C=O) groups is 1. The van der Waals surface area contributed by atoms with Gasteiger partial charge in [0.1, 0.15) is 12.4 Å². The number of primary amides is 1. The van der Waals surface area contributed by atoms with Crippen LogP contribution in [0.25, 0.3) is 5.69 Å². The minimum Gasteiger partial charge on any atom is -0.369 e. The van der Waals surface area contributed by atoms with Crippen LogP contribution in [-0.4, -0.2) is 51.3 Å². The average molecular weight is 421 g/mol. The summed E-state index contributed by atoms with van der Waals surface area (Å²) in [4.78, 5) is 29.0. The largest absolute Gasteiger partial charge is 0.369 e. The van der Waals surface area contributed by atoms with E-state index in [9.17, 15) is 9.59 Å². The third kappa shape index (κ3) is 4.25. The van der Waals surface area contributed by atoms with E-state index in [4.69, 9.17) is 5.73 Å². The van der Waals surface area contributed by atoms with Gasteiger partial charge in [-0.2, -0.15) is 5.10 Å². The quantitative estimate of drug-likeness (QED) is 0.659. The molecule has 2 heterocycles. The van der Waals surface area contributed by atoms with Gasteiger partial charge in [-0.3, -0.25) is 9.69 Å². The third-order valence-corrected chi connectivity index (χ3v) is 5.74. The van der Waals surface area contributed by atoms with Crippen LogP contribution in [-0.2, 0) is 4.79 Å². The molecule has 0 bridgehead atoms. The van der Waals surface area contributed by atoms with Gasteiger partial charge in [-0.25, -0.2) is 14.0 Å². The maximum absolute atomic E-state index is 12.5. The van der Waals surface area contributed by atoms with Crippen molar-refractivity contribution in [2.24, 2.45) is 5.73 Å². The van der Waals surface area contributed by atoms with Crippen molar-refractivity contribution in [3.05, 3.63) is 77.0 Å². The Bertz CT molecular complexity index is 1080. The van der Waals surface area contributed by atoms with Crippen molar-refractivity contribution in [1.29, 1.82) is 0 Å². The van der Waals surface area contributed by atoms with E-state index in [0.717, 1.165) is 43.1 Å². The Morgan fingerprint density at radius 3 is 2.10 bits per heavy atom. The van der Waals surface area contributed by atoms with Gasteiger partial charge in [-0.05, 0) is 43.7 Å². The second kappa shape index (κ2) is 8.77. The molecule has 1 saturated heterocycles. The van der Waals surface area contributed by atoms with E-state index < -0.39 is 6.04 Å². The van der Waals surface area contributed by atoms with Crippen LogP contribution in [0.5, 0.6) is 0 Å². The summed E-state index contributed by atoms with van der Waals surface area (Å²) in [6, 6.07) is 17.2. The summed E-state index contributed by atoms with van der Waals surface area (Å²) in [5, 5.41) is 4.18. The Morgan fingerprint density at radius 1 is 0.935 bits per heavy atom. The molecule has 0 spiro atoms. The molecule has 0 saturated carbocycles. The molecule has 8 heteroatoms. The summed E-state index contributed by atoms with van der Waals surface area (Å²) in [5.74, 6) is -0.323. The van der Waals surface area contributed by atoms with Crippen molar-refractivity contribution in [3.8, 4) is 5.69 Å². The Hall–Kier alpha value is -3.39. The van der Waals surface area contributed by atoms with Crippen LogP contribution in [0.1, 0.15) is 31.5 Å². The van der Waals surface area contributed by atoms with Crippen molar-refractivity contribution in [3.63, 3.8) is 0 Å². The van der Waals surface area contributed by atoms with Gasteiger partial charge in [0.05, 0.1) is 11.7 Å². The van der Waals surface area contributed by atoms with Crippen molar-refractivity contribution >= 4 is 11.6 Å². The molecule has 0 radical (unpaired) electrons. The molecule has 4 rings (SSSR count). The number of hydrogen-bond acceptors (Lipinski definition) is 5. The number of nitrogens with zero attached hydrogens (tertiary/aromatic N) is 5. The van der Waals surface area contributed by atoms with Crippen LogP contribution in [0.4, 0.5) is 5.69 Å². The van der Waals surface area contributed by atoms with Gasteiger partial charge in [0.2, 0.25) is 5.91 Å². The SMILES string of the molecule is CC(C)n1ncn(-c2ccc(N3CCN(C(C(N)=O)c4ccccc4)CC3)cc2)c1=O. The van der Waals surface area contributed by atoms with Crippen molar-refractivity contribution in [2.75, 3.05) is 31.1 Å². The second-order valence-corrected chi connectivity index (χ2v) is 8.08. The van der Waals surface area contributed by atoms with Gasteiger partial charge in [-0.15, -0.1) is 0 Å². The number of benzene rings is 2. The minimum atomic E-state index is -0.407. The van der Waals surface area contributed by atoms with Gasteiger partial charge in [-0.1, -0.05) is 30.3 Å². The third-order valence-electron chi connectivity index (χ3n) is 5.74. The topological polar surface area (TPSA) is 89.4 Å². The molecule has 8 nitrogen and oxygen atoms in total. The highest BCUT2D eigenvalue weighted by Gasteiger charge is 2.29. The van der Waals surface area contributed by atoms with E-state index in [0.29, 0.717) is 0 Å². The summed E-state index contributed by atoms with van der Waals surface area (Å²) in [5.41, 5.74) is 8.38. The lowest BCUT2D eigenvalue weighted by Gasteiger charge is -2.39. The number of hydrogen-bond donors (Lipinski definition) is 1. The summed E-state index contributed by atoms with van der Waals surface area (Å²) < 4.78 is 3.02. The van der Waals surface area contributed by atoms with Crippen molar-refractivity contribution in [2.45, 2.75) is 25.9 Å². The lowest BCUT2D eigenvalue weighted by Crippen LogP contribution is -2.50. The lowest BCUT2D eigenvalue weighted by atomic mass is 10.0. The van der Waals surface area contributed by atoms with Gasteiger partial charge < -0.3 is 10.6 Å². The predicted molar refractivity (Wildman–Crippen MR) is 120 cm³/mol. The monoisotopic (exact) mass is 420 g/mol. The van der Waals surface area contributed by atoms with E-state index in [1.165, 1.54) is 4.68 Å². The van der Waals surface area contributed by atoms with E-state index >= 15 is 0 Å². The Labute approximate surface area is 181 Å². The highest BCUT2D eigenvalue weighted by molar-refractivity contribution is 5.81. The molecule has 1 aliphatic rings. The fourth-order valence-electron chi connectivity index (χ4n) is 4.10. The summed E-state index contributed by atoms with van der Waals surface area (Å²) in [6.07, 6.45) is 1.56. The number of aromatic nitrogens is 3. The molecule has 3 aromatic rings. The van der Waals surface area contributed by atoms with Crippen LogP contribution in [0.15, 0.2) is 65.7 Å². The second-order valence-electron chi connectivity index (χ2n) is 8.08.